The van der Waals surface area contributed by atoms with E-state index in [1.807, 2.05) is 18.4 Å². The van der Waals surface area contributed by atoms with Gasteiger partial charge in [-0.3, -0.25) is 4.79 Å². The highest BCUT2D eigenvalue weighted by Gasteiger charge is 2.48. The van der Waals surface area contributed by atoms with Crippen molar-refractivity contribution < 1.29 is 4.79 Å². The summed E-state index contributed by atoms with van der Waals surface area (Å²) in [6.07, 6.45) is 1.87. The summed E-state index contributed by atoms with van der Waals surface area (Å²) in [5.41, 5.74) is 6.53. The molecule has 4 heteroatoms. The lowest BCUT2D eigenvalue weighted by Crippen LogP contribution is -2.37. The maximum atomic E-state index is 11.9. The molecule has 0 bridgehead atoms. The van der Waals surface area contributed by atoms with E-state index in [9.17, 15) is 4.79 Å². The number of carbonyl (C=O) groups excluding carboxylic acids is 1. The number of nitrogens with two attached hydrogens (primary N) is 1. The summed E-state index contributed by atoms with van der Waals surface area (Å²) in [7, 11) is 0. The first-order chi connectivity index (χ1) is 7.18. The van der Waals surface area contributed by atoms with E-state index < -0.39 is 0 Å². The molecule has 1 heterocycles. The van der Waals surface area contributed by atoms with E-state index in [1.54, 1.807) is 11.3 Å². The van der Waals surface area contributed by atoms with E-state index in [0.29, 0.717) is 6.54 Å². The Morgan fingerprint density at radius 2 is 2.47 bits per heavy atom. The molecular weight excluding hydrogens is 208 g/mol. The number of hydrogen-bond donors (Lipinski definition) is 2. The van der Waals surface area contributed by atoms with Crippen LogP contribution in [0.25, 0.3) is 0 Å². The van der Waals surface area contributed by atoms with Crippen molar-refractivity contribution in [3.63, 3.8) is 0 Å². The van der Waals surface area contributed by atoms with Crippen molar-refractivity contribution in [2.75, 3.05) is 6.54 Å². The predicted octanol–water partition coefficient (Wildman–Crippen LogP) is 1.66. The maximum absolute atomic E-state index is 11.9. The van der Waals surface area contributed by atoms with Crippen molar-refractivity contribution in [2.24, 2.45) is 11.1 Å². The molecule has 1 aromatic heterocycles. The monoisotopic (exact) mass is 224 g/mol. The lowest BCUT2D eigenvalue weighted by Gasteiger charge is -2.17. The Balaban J connectivity index is 1.95. The molecule has 1 aromatic rings. The van der Waals surface area contributed by atoms with Crippen LogP contribution >= 0.6 is 11.3 Å². The minimum atomic E-state index is -0.246. The zero-order valence-electron chi connectivity index (χ0n) is 8.82. The summed E-state index contributed by atoms with van der Waals surface area (Å²) in [6, 6.07) is 2.13. The Morgan fingerprint density at radius 3 is 2.93 bits per heavy atom. The average molecular weight is 224 g/mol. The van der Waals surface area contributed by atoms with Gasteiger partial charge in [-0.05, 0) is 42.2 Å². The molecule has 0 aromatic carbocycles. The molecule has 3 nitrogen and oxygen atoms in total. The summed E-state index contributed by atoms with van der Waals surface area (Å²) < 4.78 is 0. The smallest absolute Gasteiger partial charge is 0.227 e. The molecule has 82 valence electrons. The highest BCUT2D eigenvalue weighted by molar-refractivity contribution is 7.07. The van der Waals surface area contributed by atoms with E-state index in [4.69, 9.17) is 5.73 Å². The quantitative estimate of drug-likeness (QED) is 0.817. The Hall–Kier alpha value is -0.870. The molecule has 1 atom stereocenters. The molecule has 2 rings (SSSR count). The number of rotatable bonds is 4. The third kappa shape index (κ3) is 2.06. The van der Waals surface area contributed by atoms with Gasteiger partial charge in [-0.2, -0.15) is 11.3 Å². The van der Waals surface area contributed by atoms with Crippen molar-refractivity contribution in [3.8, 4) is 0 Å². The van der Waals surface area contributed by atoms with Gasteiger partial charge < -0.3 is 11.1 Å². The van der Waals surface area contributed by atoms with Gasteiger partial charge in [-0.1, -0.05) is 0 Å². The Bertz CT molecular complexity index is 343. The van der Waals surface area contributed by atoms with Crippen molar-refractivity contribution in [1.29, 1.82) is 0 Å². The van der Waals surface area contributed by atoms with Crippen LogP contribution in [-0.2, 0) is 4.79 Å². The lowest BCUT2D eigenvalue weighted by molar-refractivity contribution is -0.126. The average Bonchev–Trinajstić information content (AvgIpc) is 2.84. The van der Waals surface area contributed by atoms with E-state index in [-0.39, 0.29) is 17.4 Å². The van der Waals surface area contributed by atoms with Crippen LogP contribution < -0.4 is 11.1 Å². The van der Waals surface area contributed by atoms with Crippen molar-refractivity contribution in [3.05, 3.63) is 22.4 Å². The third-order valence-electron chi connectivity index (χ3n) is 3.12. The molecular formula is C11H16N2OS. The number of thiophene rings is 1. The number of nitrogens with one attached hydrogen (secondary N) is 1. The number of amides is 1. The van der Waals surface area contributed by atoms with Crippen LogP contribution in [0.5, 0.6) is 0 Å². The fourth-order valence-corrected chi connectivity index (χ4v) is 2.38. The van der Waals surface area contributed by atoms with Crippen LogP contribution in [0.4, 0.5) is 0 Å². The number of carbonyl (C=O) groups is 1. The minimum absolute atomic E-state index is 0.0905. The fraction of sp³-hybridized carbons (Fsp3) is 0.545. The predicted molar refractivity (Wildman–Crippen MR) is 61.6 cm³/mol. The normalized spacial score (nSPS) is 19.6. The zero-order chi connectivity index (χ0) is 10.9. The molecule has 1 saturated carbocycles. The summed E-state index contributed by atoms with van der Waals surface area (Å²) >= 11 is 1.65. The molecule has 0 aliphatic heterocycles. The van der Waals surface area contributed by atoms with E-state index in [0.717, 1.165) is 12.8 Å². The van der Waals surface area contributed by atoms with E-state index in [2.05, 4.69) is 10.7 Å². The van der Waals surface area contributed by atoms with Crippen LogP contribution in [0, 0.1) is 5.41 Å². The zero-order valence-corrected chi connectivity index (χ0v) is 9.64. The van der Waals surface area contributed by atoms with Crippen molar-refractivity contribution >= 4 is 17.2 Å². The second-order valence-corrected chi connectivity index (χ2v) is 5.02. The summed E-state index contributed by atoms with van der Waals surface area (Å²) in [5.74, 6) is 0.115. The fourth-order valence-electron chi connectivity index (χ4n) is 1.63. The lowest BCUT2D eigenvalue weighted by atomic mass is 10.1. The van der Waals surface area contributed by atoms with Gasteiger partial charge in [0.2, 0.25) is 5.91 Å². The van der Waals surface area contributed by atoms with Crippen LogP contribution in [0.1, 0.15) is 31.4 Å². The first-order valence-electron chi connectivity index (χ1n) is 5.21. The van der Waals surface area contributed by atoms with Gasteiger partial charge in [0, 0.05) is 6.54 Å². The second-order valence-electron chi connectivity index (χ2n) is 4.24. The van der Waals surface area contributed by atoms with Crippen LogP contribution in [0.15, 0.2) is 16.8 Å². The molecule has 0 radical (unpaired) electrons. The Labute approximate surface area is 93.7 Å². The summed E-state index contributed by atoms with van der Waals surface area (Å²) in [5, 5.41) is 7.11. The standard InChI is InChI=1S/C11H16N2OS/c1-8(9-2-5-15-6-9)13-10(14)11(7-12)3-4-11/h2,5-6,8H,3-4,7,12H2,1H3,(H,13,14). The van der Waals surface area contributed by atoms with Gasteiger partial charge >= 0.3 is 0 Å². The van der Waals surface area contributed by atoms with Gasteiger partial charge in [-0.25, -0.2) is 0 Å². The molecule has 15 heavy (non-hydrogen) atoms. The van der Waals surface area contributed by atoms with Crippen molar-refractivity contribution in [2.45, 2.75) is 25.8 Å². The van der Waals surface area contributed by atoms with E-state index in [1.165, 1.54) is 5.56 Å². The van der Waals surface area contributed by atoms with Crippen molar-refractivity contribution in [1.82, 2.24) is 5.32 Å². The number of hydrogen-bond acceptors (Lipinski definition) is 3. The third-order valence-corrected chi connectivity index (χ3v) is 3.82. The Morgan fingerprint density at radius 1 is 1.73 bits per heavy atom. The van der Waals surface area contributed by atoms with E-state index >= 15 is 0 Å². The highest BCUT2D eigenvalue weighted by atomic mass is 32.1. The van der Waals surface area contributed by atoms with Gasteiger partial charge in [0.25, 0.3) is 0 Å². The van der Waals surface area contributed by atoms with Crippen LogP contribution in [-0.4, -0.2) is 12.5 Å². The van der Waals surface area contributed by atoms with Gasteiger partial charge in [0.05, 0.1) is 11.5 Å². The molecule has 1 amide bonds. The van der Waals surface area contributed by atoms with Gasteiger partial charge in [0.15, 0.2) is 0 Å². The van der Waals surface area contributed by atoms with Gasteiger partial charge in [0.1, 0.15) is 0 Å². The minimum Gasteiger partial charge on any atom is -0.349 e. The second kappa shape index (κ2) is 3.94. The largest absolute Gasteiger partial charge is 0.349 e. The highest BCUT2D eigenvalue weighted by Crippen LogP contribution is 2.45. The first-order valence-corrected chi connectivity index (χ1v) is 6.15. The van der Waals surface area contributed by atoms with Crippen LogP contribution in [0.2, 0.25) is 0 Å². The molecule has 0 spiro atoms. The molecule has 1 unspecified atom stereocenters. The first kappa shape index (κ1) is 10.6. The van der Waals surface area contributed by atoms with Crippen LogP contribution in [0.3, 0.4) is 0 Å². The Kier molecular flexibility index (Phi) is 2.80. The summed E-state index contributed by atoms with van der Waals surface area (Å²) in [6.45, 7) is 2.47. The molecule has 1 fully saturated rings. The molecule has 1 aliphatic rings. The topological polar surface area (TPSA) is 55.1 Å². The molecule has 0 saturated heterocycles. The molecule has 3 N–H and O–H groups in total. The molecule has 1 aliphatic carbocycles. The summed E-state index contributed by atoms with van der Waals surface area (Å²) in [4.78, 5) is 11.9. The maximum Gasteiger partial charge on any atom is 0.227 e. The SMILES string of the molecule is CC(NC(=O)C1(CN)CC1)c1ccsc1. The van der Waals surface area contributed by atoms with Gasteiger partial charge in [-0.15, -0.1) is 0 Å².